The van der Waals surface area contributed by atoms with Crippen molar-refractivity contribution >= 4 is 16.8 Å². The second-order valence-corrected chi connectivity index (χ2v) is 4.31. The van der Waals surface area contributed by atoms with Crippen molar-refractivity contribution in [3.8, 4) is 5.75 Å². The number of methoxy groups -OCH3 is 1. The van der Waals surface area contributed by atoms with Gasteiger partial charge in [-0.15, -0.1) is 0 Å². The maximum atomic E-state index is 11.9. The highest BCUT2D eigenvalue weighted by molar-refractivity contribution is 5.95. The van der Waals surface area contributed by atoms with Gasteiger partial charge < -0.3 is 15.2 Å². The normalized spacial score (nSPS) is 12.2. The molecule has 0 aliphatic carbocycles. The highest BCUT2D eigenvalue weighted by Gasteiger charge is 2.11. The average Bonchev–Trinajstić information content (AvgIpc) is 2.45. The van der Waals surface area contributed by atoms with Crippen molar-refractivity contribution in [1.82, 2.24) is 10.3 Å². The topological polar surface area (TPSA) is 71.5 Å². The van der Waals surface area contributed by atoms with Crippen LogP contribution in [0.4, 0.5) is 0 Å². The molecule has 100 valence electrons. The molecule has 2 aromatic rings. The molecular weight excluding hydrogens is 244 g/mol. The maximum Gasteiger partial charge on any atom is 0.270 e. The fraction of sp³-hybridized carbons (Fsp3) is 0.286. The summed E-state index contributed by atoms with van der Waals surface area (Å²) in [6.45, 7) is 1.63. The predicted octanol–water partition coefficient (Wildman–Crippen LogP) is 1.35. The van der Waals surface area contributed by atoms with Crippen LogP contribution >= 0.6 is 0 Å². The van der Waals surface area contributed by atoms with E-state index in [0.717, 1.165) is 16.7 Å². The third-order valence-corrected chi connectivity index (χ3v) is 2.78. The third kappa shape index (κ3) is 3.00. The summed E-state index contributed by atoms with van der Waals surface area (Å²) in [5, 5.41) is 12.5. The van der Waals surface area contributed by atoms with Crippen molar-refractivity contribution in [3.63, 3.8) is 0 Å². The maximum absolute atomic E-state index is 11.9. The van der Waals surface area contributed by atoms with E-state index in [9.17, 15) is 4.79 Å². The molecular formula is C14H16N2O3. The molecule has 0 fully saturated rings. The van der Waals surface area contributed by atoms with Gasteiger partial charge in [0.1, 0.15) is 11.4 Å². The van der Waals surface area contributed by atoms with Gasteiger partial charge in [-0.3, -0.25) is 4.79 Å². The molecule has 0 radical (unpaired) electrons. The van der Waals surface area contributed by atoms with Crippen molar-refractivity contribution < 1.29 is 14.6 Å². The number of aromatic nitrogens is 1. The van der Waals surface area contributed by atoms with E-state index in [1.165, 1.54) is 0 Å². The van der Waals surface area contributed by atoms with Crippen molar-refractivity contribution in [1.29, 1.82) is 0 Å². The van der Waals surface area contributed by atoms with Crippen LogP contribution in [0.1, 0.15) is 17.4 Å². The van der Waals surface area contributed by atoms with Crippen LogP contribution in [-0.2, 0) is 0 Å². The number of nitrogens with zero attached hydrogens (tertiary/aromatic N) is 1. The number of aliphatic hydroxyl groups is 1. The number of amides is 1. The van der Waals surface area contributed by atoms with Crippen molar-refractivity contribution in [2.24, 2.45) is 0 Å². The molecule has 5 heteroatoms. The molecule has 0 aliphatic rings. The van der Waals surface area contributed by atoms with Crippen LogP contribution in [-0.4, -0.2) is 35.8 Å². The Labute approximate surface area is 111 Å². The van der Waals surface area contributed by atoms with Crippen LogP contribution in [0.15, 0.2) is 30.3 Å². The number of pyridine rings is 1. The number of carbonyl (C=O) groups is 1. The van der Waals surface area contributed by atoms with Crippen LogP contribution in [0.3, 0.4) is 0 Å². The Hall–Kier alpha value is -2.14. The second kappa shape index (κ2) is 5.67. The minimum absolute atomic E-state index is 0.101. The van der Waals surface area contributed by atoms with Gasteiger partial charge in [-0.25, -0.2) is 4.98 Å². The minimum atomic E-state index is -0.292. The molecule has 0 spiro atoms. The first-order valence-electron chi connectivity index (χ1n) is 6.00. The molecule has 0 saturated heterocycles. The lowest BCUT2D eigenvalue weighted by molar-refractivity contribution is 0.0917. The minimum Gasteiger partial charge on any atom is -0.497 e. The first-order valence-corrected chi connectivity index (χ1v) is 6.00. The van der Waals surface area contributed by atoms with E-state index in [-0.39, 0.29) is 18.6 Å². The second-order valence-electron chi connectivity index (χ2n) is 4.31. The van der Waals surface area contributed by atoms with Crippen molar-refractivity contribution in [2.45, 2.75) is 13.0 Å². The Morgan fingerprint density at radius 2 is 2.21 bits per heavy atom. The van der Waals surface area contributed by atoms with E-state index in [1.54, 1.807) is 32.2 Å². The third-order valence-electron chi connectivity index (χ3n) is 2.78. The summed E-state index contributed by atoms with van der Waals surface area (Å²) in [5.41, 5.74) is 1.06. The summed E-state index contributed by atoms with van der Waals surface area (Å²) in [4.78, 5) is 16.2. The molecule has 1 atom stereocenters. The fourth-order valence-electron chi connectivity index (χ4n) is 1.70. The van der Waals surface area contributed by atoms with Crippen LogP contribution in [0.25, 0.3) is 10.9 Å². The van der Waals surface area contributed by atoms with Gasteiger partial charge >= 0.3 is 0 Å². The SMILES string of the molecule is COc1ccc2nc(C(=O)NC(C)CO)ccc2c1. The highest BCUT2D eigenvalue weighted by Crippen LogP contribution is 2.19. The Morgan fingerprint density at radius 3 is 2.89 bits per heavy atom. The molecule has 0 bridgehead atoms. The summed E-state index contributed by atoms with van der Waals surface area (Å²) in [5.74, 6) is 0.458. The molecule has 5 nitrogen and oxygen atoms in total. The van der Waals surface area contributed by atoms with E-state index in [1.807, 2.05) is 12.1 Å². The first-order chi connectivity index (χ1) is 9.13. The van der Waals surface area contributed by atoms with Crippen molar-refractivity contribution in [3.05, 3.63) is 36.0 Å². The number of carbonyl (C=O) groups excluding carboxylic acids is 1. The lowest BCUT2D eigenvalue weighted by Gasteiger charge is -2.10. The van der Waals surface area contributed by atoms with Gasteiger partial charge in [-0.1, -0.05) is 6.07 Å². The lowest BCUT2D eigenvalue weighted by Crippen LogP contribution is -2.35. The molecule has 1 aromatic carbocycles. The van der Waals surface area contributed by atoms with Gasteiger partial charge in [0.15, 0.2) is 0 Å². The zero-order valence-corrected chi connectivity index (χ0v) is 10.9. The molecule has 1 heterocycles. The van der Waals surface area contributed by atoms with E-state index < -0.39 is 0 Å². The number of aliphatic hydroxyl groups excluding tert-OH is 1. The molecule has 19 heavy (non-hydrogen) atoms. The van der Waals surface area contributed by atoms with Gasteiger partial charge in [0, 0.05) is 11.4 Å². The van der Waals surface area contributed by atoms with Gasteiger partial charge in [0.2, 0.25) is 0 Å². The van der Waals surface area contributed by atoms with Crippen LogP contribution in [0.5, 0.6) is 5.75 Å². The summed E-state index contributed by atoms with van der Waals surface area (Å²) in [6.07, 6.45) is 0. The molecule has 2 N–H and O–H groups in total. The van der Waals surface area contributed by atoms with E-state index in [0.29, 0.717) is 5.69 Å². The molecule has 0 saturated carbocycles. The summed E-state index contributed by atoms with van der Waals surface area (Å²) < 4.78 is 5.13. The van der Waals surface area contributed by atoms with Crippen LogP contribution in [0.2, 0.25) is 0 Å². The van der Waals surface area contributed by atoms with Gasteiger partial charge in [0.05, 0.1) is 19.2 Å². The quantitative estimate of drug-likeness (QED) is 0.870. The summed E-state index contributed by atoms with van der Waals surface area (Å²) in [7, 11) is 1.60. The zero-order chi connectivity index (χ0) is 13.8. The number of fused-ring (bicyclic) bond motifs is 1. The molecule has 0 aliphatic heterocycles. The predicted molar refractivity (Wildman–Crippen MR) is 72.3 cm³/mol. The fourth-order valence-corrected chi connectivity index (χ4v) is 1.70. The number of benzene rings is 1. The van der Waals surface area contributed by atoms with E-state index in [4.69, 9.17) is 9.84 Å². The van der Waals surface area contributed by atoms with Gasteiger partial charge in [-0.05, 0) is 31.2 Å². The zero-order valence-electron chi connectivity index (χ0n) is 10.9. The lowest BCUT2D eigenvalue weighted by atomic mass is 10.2. The Balaban J connectivity index is 2.29. The van der Waals surface area contributed by atoms with Crippen molar-refractivity contribution in [2.75, 3.05) is 13.7 Å². The summed E-state index contributed by atoms with van der Waals surface area (Å²) >= 11 is 0. The molecule has 1 unspecified atom stereocenters. The van der Waals surface area contributed by atoms with Crippen LogP contribution < -0.4 is 10.1 Å². The van der Waals surface area contributed by atoms with Gasteiger partial charge in [-0.2, -0.15) is 0 Å². The number of ether oxygens (including phenoxy) is 1. The smallest absolute Gasteiger partial charge is 0.270 e. The Kier molecular flexibility index (Phi) is 3.97. The Bertz CT molecular complexity index is 598. The van der Waals surface area contributed by atoms with E-state index in [2.05, 4.69) is 10.3 Å². The standard InChI is InChI=1S/C14H16N2O3/c1-9(8-17)15-14(18)13-5-3-10-7-11(19-2)4-6-12(10)16-13/h3-7,9,17H,8H2,1-2H3,(H,15,18). The number of hydrogen-bond donors (Lipinski definition) is 2. The number of rotatable bonds is 4. The number of hydrogen-bond acceptors (Lipinski definition) is 4. The van der Waals surface area contributed by atoms with Crippen LogP contribution in [0, 0.1) is 0 Å². The highest BCUT2D eigenvalue weighted by atomic mass is 16.5. The van der Waals surface area contributed by atoms with Gasteiger partial charge in [0.25, 0.3) is 5.91 Å². The molecule has 1 amide bonds. The number of nitrogens with one attached hydrogen (secondary N) is 1. The molecule has 1 aromatic heterocycles. The Morgan fingerprint density at radius 1 is 1.42 bits per heavy atom. The monoisotopic (exact) mass is 260 g/mol. The van der Waals surface area contributed by atoms with E-state index >= 15 is 0 Å². The molecule has 2 rings (SSSR count). The first kappa shape index (κ1) is 13.3. The largest absolute Gasteiger partial charge is 0.497 e. The average molecular weight is 260 g/mol. The summed E-state index contributed by atoms with van der Waals surface area (Å²) in [6, 6.07) is 8.65.